The van der Waals surface area contributed by atoms with Gasteiger partial charge in [0, 0.05) is 12.8 Å². The quantitative estimate of drug-likeness (QED) is 0.0186. The van der Waals surface area contributed by atoms with Crippen molar-refractivity contribution in [2.45, 2.75) is 99.1 Å². The Morgan fingerprint density at radius 2 is 0.631 bits per heavy atom. The highest BCUT2D eigenvalue weighted by molar-refractivity contribution is 7.68. The van der Waals surface area contributed by atoms with Gasteiger partial charge in [0.25, 0.3) is 0 Å². The van der Waals surface area contributed by atoms with E-state index < -0.39 is 207 Å². The average Bonchev–Trinajstić information content (AvgIpc) is 1.62. The number of aliphatic hydroxyl groups is 2. The topological polar surface area (TPSA) is 995 Å². The molecule has 0 bridgehead atoms. The molecule has 66 nitrogen and oxygen atoms in total. The molecule has 0 amide bonds. The van der Waals surface area contributed by atoms with E-state index in [4.69, 9.17) is 101 Å². The van der Waals surface area contributed by atoms with E-state index in [0.717, 1.165) is 40.8 Å². The highest BCUT2D eigenvalue weighted by atomic mass is 31.3. The lowest BCUT2D eigenvalue weighted by Gasteiger charge is -2.19. The standard InChI is InChI=1S/2C10H15FN5O12P3.2C10H15FN5O11P3/c11-5-7(17)4(1-25-30(21,22)28-31(23,24)27-29(18,19)20)26-10(5)16-3-15-6-8(12)13-2-14-9(6)16;11-5-4(1-25-30(21,22)28-31(23,24)27-29(18,19)20)26-10(7(5)17)16-3-15-6-8(12)13-2-14-9(6)16;11-5-1-7(16-4-15-8-9(12)13-3-14-10(8)16)25-6(5)2-24-29(20,21)27-30(22,23)26-28(17,18)19;11-6-1-5(2-24-29(20,21)27-30(22,23)26-28(17,18)19)25-10(6)16-4-15-7-8(12)13-3-14-9(7)16/h2*2-5,7,10,17H,1H2,(H,21,22)(H,23,24)(H2,12,13,14)(H2,18,19,20);3-7H,1-2H2,(H,20,21)(H,22,23)(H2,12,13,14)(H2,17,18,19);3-6,10H,1-2H2,(H,20,21)(H,22,23)(H2,12,13,14)(H2,17,18,19). The maximum atomic E-state index is 14.6. The number of nitrogens with two attached hydrogens (primary N) is 4. The van der Waals surface area contributed by atoms with Crippen molar-refractivity contribution in [3.63, 3.8) is 0 Å². The largest absolute Gasteiger partial charge is 0.490 e. The molecular formula is C40H60F4N20O46P12. The van der Waals surface area contributed by atoms with Crippen LogP contribution in [0.4, 0.5) is 40.8 Å². The molecule has 0 aliphatic carbocycles. The molecule has 8 aromatic rings. The van der Waals surface area contributed by atoms with Crippen molar-refractivity contribution < 1.29 is 232 Å². The molecule has 12 rings (SSSR count). The molecule has 22 unspecified atom stereocenters. The maximum absolute atomic E-state index is 14.6. The molecule has 122 heavy (non-hydrogen) atoms. The summed E-state index contributed by atoms with van der Waals surface area (Å²) in [4.78, 5) is 188. The molecular weight excluding hydrogens is 1940 g/mol. The number of alkyl halides is 4. The van der Waals surface area contributed by atoms with E-state index in [1.807, 2.05) is 0 Å². The summed E-state index contributed by atoms with van der Waals surface area (Å²) < 4.78 is 264. The number of phosphoric acid groups is 12. The summed E-state index contributed by atoms with van der Waals surface area (Å²) in [6.07, 6.45) is -13.4. The van der Waals surface area contributed by atoms with Crippen LogP contribution in [0, 0.1) is 0 Å². The number of nitrogens with zero attached hydrogens (tertiary/aromatic N) is 16. The summed E-state index contributed by atoms with van der Waals surface area (Å²) in [6.45, 7) is -3.80. The number of aromatic nitrogens is 16. The van der Waals surface area contributed by atoms with Crippen molar-refractivity contribution in [3.8, 4) is 0 Å². The third-order valence-electron chi connectivity index (χ3n) is 14.8. The number of rotatable bonds is 32. The number of phosphoric ester groups is 4. The zero-order valence-corrected chi connectivity index (χ0v) is 69.5. The number of fused-ring (bicyclic) bond motifs is 4. The predicted octanol–water partition coefficient (Wildman–Crippen LogP) is -0.549. The Morgan fingerprint density at radius 3 is 0.992 bits per heavy atom. The molecule has 4 aliphatic heterocycles. The van der Waals surface area contributed by atoms with Gasteiger partial charge in [-0.05, 0) is 0 Å². The van der Waals surface area contributed by atoms with E-state index in [9.17, 15) is 102 Å². The number of halogens is 4. The molecule has 0 radical (unpaired) electrons. The van der Waals surface area contributed by atoms with Crippen LogP contribution in [0.3, 0.4) is 0 Å². The van der Waals surface area contributed by atoms with Crippen molar-refractivity contribution in [1.82, 2.24) is 78.1 Å². The Kier molecular flexibility index (Phi) is 31.6. The number of hydrogen-bond donors (Lipinski definition) is 22. The van der Waals surface area contributed by atoms with Crippen LogP contribution >= 0.6 is 93.9 Å². The van der Waals surface area contributed by atoms with E-state index in [0.29, 0.717) is 0 Å². The third kappa shape index (κ3) is 27.8. The highest BCUT2D eigenvalue weighted by Gasteiger charge is 2.52. The van der Waals surface area contributed by atoms with Gasteiger partial charge >= 0.3 is 93.9 Å². The minimum Gasteiger partial charge on any atom is -0.387 e. The van der Waals surface area contributed by atoms with Gasteiger partial charge in [0.05, 0.1) is 57.8 Å². The lowest BCUT2D eigenvalue weighted by atomic mass is 10.1. The fourth-order valence-electron chi connectivity index (χ4n) is 10.3. The van der Waals surface area contributed by atoms with E-state index >= 15 is 0 Å². The van der Waals surface area contributed by atoms with E-state index in [2.05, 4.69) is 112 Å². The monoisotopic (exact) mass is 2000 g/mol. The van der Waals surface area contributed by atoms with E-state index in [1.54, 1.807) is 0 Å². The Balaban J connectivity index is 0.000000185. The summed E-state index contributed by atoms with van der Waals surface area (Å²) in [5.74, 6) is 0.174. The molecule has 4 saturated heterocycles. The van der Waals surface area contributed by atoms with Crippen LogP contribution in [0.1, 0.15) is 37.8 Å². The van der Waals surface area contributed by atoms with Crippen LogP contribution in [-0.2, 0) is 126 Å². The van der Waals surface area contributed by atoms with Gasteiger partial charge in [-0.15, -0.1) is 0 Å². The fraction of sp³-hybridized carbons (Fsp3) is 0.500. The number of hydrogen-bond acceptors (Lipinski definition) is 46. The molecule has 684 valence electrons. The first kappa shape index (κ1) is 100. The number of ether oxygens (including phenoxy) is 4. The average molecular weight is 2000 g/mol. The molecule has 0 saturated carbocycles. The Hall–Kier alpha value is -5.48. The second-order valence-corrected chi connectivity index (χ2v) is 41.3. The molecule has 22 atom stereocenters. The molecule has 4 fully saturated rings. The van der Waals surface area contributed by atoms with Gasteiger partial charge in [0.1, 0.15) is 96.5 Å². The van der Waals surface area contributed by atoms with Gasteiger partial charge in [0.2, 0.25) is 0 Å². The molecule has 8 aromatic heterocycles. The van der Waals surface area contributed by atoms with Gasteiger partial charge in [-0.25, -0.2) is 132 Å². The summed E-state index contributed by atoms with van der Waals surface area (Å²) in [6, 6.07) is 0. The second-order valence-electron chi connectivity index (χ2n) is 23.7. The minimum absolute atomic E-state index is 0.00177. The summed E-state index contributed by atoms with van der Waals surface area (Å²) in [5.41, 5.74) is 24.0. The third-order valence-corrected chi connectivity index (χ3v) is 30.1. The van der Waals surface area contributed by atoms with Crippen LogP contribution in [-0.4, -0.2) is 254 Å². The predicted molar refractivity (Wildman–Crippen MR) is 375 cm³/mol. The molecule has 0 aromatic carbocycles. The fourth-order valence-corrected chi connectivity index (χ4v) is 22.5. The van der Waals surface area contributed by atoms with Crippen LogP contribution in [0.5, 0.6) is 0 Å². The van der Waals surface area contributed by atoms with Gasteiger partial charge in [-0.2, -0.15) is 34.5 Å². The number of nitrogen functional groups attached to an aromatic ring is 4. The summed E-state index contributed by atoms with van der Waals surface area (Å²) >= 11 is 0. The number of aliphatic hydroxyl groups excluding tert-OH is 2. The van der Waals surface area contributed by atoms with E-state index in [-0.39, 0.29) is 80.8 Å². The molecule has 4 aliphatic rings. The normalized spacial score (nSPS) is 27.5. The van der Waals surface area contributed by atoms with Crippen LogP contribution in [0.15, 0.2) is 50.6 Å². The van der Waals surface area contributed by atoms with Crippen LogP contribution in [0.2, 0.25) is 0 Å². The van der Waals surface area contributed by atoms with Gasteiger partial charge < -0.3 is 130 Å². The highest BCUT2D eigenvalue weighted by Crippen LogP contribution is 2.70. The zero-order chi connectivity index (χ0) is 91.0. The lowest BCUT2D eigenvalue weighted by molar-refractivity contribution is -0.0489. The maximum Gasteiger partial charge on any atom is 0.490 e. The van der Waals surface area contributed by atoms with Crippen molar-refractivity contribution >= 4 is 162 Å². The van der Waals surface area contributed by atoms with Crippen molar-refractivity contribution in [2.24, 2.45) is 0 Å². The van der Waals surface area contributed by atoms with Crippen LogP contribution < -0.4 is 22.9 Å². The Morgan fingerprint density at radius 1 is 0.328 bits per heavy atom. The van der Waals surface area contributed by atoms with Gasteiger partial charge in [-0.3, -0.25) is 36.4 Å². The summed E-state index contributed by atoms with van der Waals surface area (Å²) in [5, 5.41) is 20.2. The smallest absolute Gasteiger partial charge is 0.387 e. The minimum atomic E-state index is -5.73. The molecule has 26 N–H and O–H groups in total. The SMILES string of the molecule is Nc1ncnc2c1ncn2C1CC(F)C(COP(=O)(O)OP(=O)(O)OP(=O)(O)O)O1.Nc1ncnc2c1ncn2C1OC(COP(=O)(O)OP(=O)(O)OP(=O)(O)O)C(F)C1O.Nc1ncnc2c1ncn2C1OC(COP(=O)(O)OP(=O)(O)OP(=O)(O)O)C(O)C1F.Nc1ncnc2c1ncn2C1OC(COP(=O)(O)OP(=O)(O)OP(=O)(O)O)CC1F. The van der Waals surface area contributed by atoms with Gasteiger partial charge in [0.15, 0.2) is 76.9 Å². The van der Waals surface area contributed by atoms with Crippen LogP contribution in [0.25, 0.3) is 44.7 Å². The summed E-state index contributed by atoms with van der Waals surface area (Å²) in [7, 11) is -66.6. The van der Waals surface area contributed by atoms with Crippen molar-refractivity contribution in [3.05, 3.63) is 50.6 Å². The van der Waals surface area contributed by atoms with Crippen molar-refractivity contribution in [1.29, 1.82) is 0 Å². The zero-order valence-electron chi connectivity index (χ0n) is 58.8. The van der Waals surface area contributed by atoms with Gasteiger partial charge in [-0.1, -0.05) is 0 Å². The van der Waals surface area contributed by atoms with E-state index in [1.165, 1.54) is 28.1 Å². The van der Waals surface area contributed by atoms with Crippen molar-refractivity contribution in [2.75, 3.05) is 49.4 Å². The second kappa shape index (κ2) is 38.4. The first-order chi connectivity index (χ1) is 55.9. The first-order valence-electron chi connectivity index (χ1n) is 31.3. The lowest BCUT2D eigenvalue weighted by Crippen LogP contribution is -2.31. The Bertz CT molecular complexity index is 5560. The first-order valence-corrected chi connectivity index (χ1v) is 49.4. The number of anilines is 4. The Labute approximate surface area is 669 Å². The molecule has 12 heterocycles. The molecule has 82 heteroatoms. The molecule has 0 spiro atoms. The number of imidazole rings is 4.